The molecule has 1 aromatic heterocycles. The Bertz CT molecular complexity index is 371. The SMILES string of the molecule is O=CCC=Cc1cc(C(F)(F)F)ccn1. The number of hydrogen-bond donors (Lipinski definition) is 0. The van der Waals surface area contributed by atoms with Gasteiger partial charge >= 0.3 is 6.18 Å². The minimum absolute atomic E-state index is 0.165. The van der Waals surface area contributed by atoms with E-state index in [9.17, 15) is 18.0 Å². The molecule has 0 N–H and O–H groups in total. The van der Waals surface area contributed by atoms with Crippen LogP contribution >= 0.6 is 0 Å². The minimum atomic E-state index is -4.36. The molecule has 2 nitrogen and oxygen atoms in total. The molecule has 0 aliphatic carbocycles. The van der Waals surface area contributed by atoms with E-state index in [-0.39, 0.29) is 12.1 Å². The fourth-order valence-electron chi connectivity index (χ4n) is 0.960. The summed E-state index contributed by atoms with van der Waals surface area (Å²) in [5.41, 5.74) is -0.560. The molecule has 0 saturated carbocycles. The second-order valence-corrected chi connectivity index (χ2v) is 2.77. The Morgan fingerprint density at radius 1 is 1.40 bits per heavy atom. The molecule has 0 fully saturated rings. The summed E-state index contributed by atoms with van der Waals surface area (Å²) in [5, 5.41) is 0. The third-order valence-corrected chi connectivity index (χ3v) is 1.63. The van der Waals surface area contributed by atoms with Gasteiger partial charge in [0.2, 0.25) is 0 Å². The van der Waals surface area contributed by atoms with Crippen molar-refractivity contribution >= 4 is 12.4 Å². The van der Waals surface area contributed by atoms with Crippen LogP contribution in [0.4, 0.5) is 13.2 Å². The predicted octanol–water partition coefficient (Wildman–Crippen LogP) is 2.70. The number of hydrogen-bond acceptors (Lipinski definition) is 2. The maximum Gasteiger partial charge on any atom is 0.416 e. The number of halogens is 3. The van der Waals surface area contributed by atoms with Crippen molar-refractivity contribution in [3.05, 3.63) is 35.7 Å². The zero-order valence-electron chi connectivity index (χ0n) is 7.66. The zero-order valence-corrected chi connectivity index (χ0v) is 7.66. The van der Waals surface area contributed by atoms with Gasteiger partial charge in [0.25, 0.3) is 0 Å². The highest BCUT2D eigenvalue weighted by Crippen LogP contribution is 2.29. The molecule has 0 saturated heterocycles. The number of aldehydes is 1. The number of pyridine rings is 1. The van der Waals surface area contributed by atoms with Crippen LogP contribution in [0.1, 0.15) is 17.7 Å². The molecule has 0 aromatic carbocycles. The van der Waals surface area contributed by atoms with Crippen molar-refractivity contribution in [3.8, 4) is 0 Å². The van der Waals surface area contributed by atoms with Gasteiger partial charge in [-0.3, -0.25) is 4.98 Å². The number of carbonyl (C=O) groups excluding carboxylic acids is 1. The van der Waals surface area contributed by atoms with E-state index in [2.05, 4.69) is 4.98 Å². The Balaban J connectivity index is 2.88. The van der Waals surface area contributed by atoms with Crippen molar-refractivity contribution in [2.45, 2.75) is 12.6 Å². The molecular formula is C10H8F3NO. The van der Waals surface area contributed by atoms with Crippen molar-refractivity contribution in [3.63, 3.8) is 0 Å². The topological polar surface area (TPSA) is 30.0 Å². The Hall–Kier alpha value is -1.65. The number of allylic oxidation sites excluding steroid dienone is 1. The predicted molar refractivity (Wildman–Crippen MR) is 49.0 cm³/mol. The second-order valence-electron chi connectivity index (χ2n) is 2.77. The standard InChI is InChI=1S/C10H8F3NO/c11-10(12,13)8-4-5-14-9(7-8)3-1-2-6-15/h1,3-7H,2H2. The summed E-state index contributed by atoms with van der Waals surface area (Å²) < 4.78 is 36.7. The van der Waals surface area contributed by atoms with E-state index in [0.717, 1.165) is 18.3 Å². The van der Waals surface area contributed by atoms with Gasteiger partial charge < -0.3 is 4.79 Å². The Labute approximate surface area is 84.4 Å². The van der Waals surface area contributed by atoms with E-state index < -0.39 is 11.7 Å². The molecule has 0 aliphatic heterocycles. The van der Waals surface area contributed by atoms with Crippen LogP contribution in [0.25, 0.3) is 6.08 Å². The summed E-state index contributed by atoms with van der Waals surface area (Å²) in [7, 11) is 0. The summed E-state index contributed by atoms with van der Waals surface area (Å²) in [5.74, 6) is 0. The number of nitrogens with zero attached hydrogens (tertiary/aromatic N) is 1. The van der Waals surface area contributed by atoms with Crippen molar-refractivity contribution in [2.24, 2.45) is 0 Å². The first-order valence-electron chi connectivity index (χ1n) is 4.17. The van der Waals surface area contributed by atoms with Crippen LogP contribution in [0.2, 0.25) is 0 Å². The van der Waals surface area contributed by atoms with Gasteiger partial charge in [-0.15, -0.1) is 0 Å². The molecule has 1 aromatic rings. The molecule has 5 heteroatoms. The van der Waals surface area contributed by atoms with E-state index in [1.165, 1.54) is 12.2 Å². The van der Waals surface area contributed by atoms with Crippen molar-refractivity contribution in [1.82, 2.24) is 4.98 Å². The van der Waals surface area contributed by atoms with Crippen LogP contribution < -0.4 is 0 Å². The fraction of sp³-hybridized carbons (Fsp3) is 0.200. The lowest BCUT2D eigenvalue weighted by molar-refractivity contribution is -0.137. The third kappa shape index (κ3) is 3.53. The highest BCUT2D eigenvalue weighted by molar-refractivity contribution is 5.56. The van der Waals surface area contributed by atoms with Gasteiger partial charge in [-0.1, -0.05) is 6.08 Å². The van der Waals surface area contributed by atoms with Gasteiger partial charge in [0.05, 0.1) is 11.3 Å². The van der Waals surface area contributed by atoms with Gasteiger partial charge in [0.15, 0.2) is 0 Å². The zero-order chi connectivity index (χ0) is 11.3. The highest BCUT2D eigenvalue weighted by atomic mass is 19.4. The van der Waals surface area contributed by atoms with Crippen molar-refractivity contribution in [2.75, 3.05) is 0 Å². The molecule has 0 radical (unpaired) electrons. The average Bonchev–Trinajstić information content (AvgIpc) is 2.17. The number of alkyl halides is 3. The summed E-state index contributed by atoms with van der Waals surface area (Å²) in [4.78, 5) is 13.7. The minimum Gasteiger partial charge on any atom is -0.303 e. The lowest BCUT2D eigenvalue weighted by atomic mass is 10.2. The largest absolute Gasteiger partial charge is 0.416 e. The van der Waals surface area contributed by atoms with Crippen LogP contribution in [0, 0.1) is 0 Å². The lowest BCUT2D eigenvalue weighted by Crippen LogP contribution is -2.05. The summed E-state index contributed by atoms with van der Waals surface area (Å²) in [6.07, 6.45) is 0.376. The molecular weight excluding hydrogens is 207 g/mol. The maximum absolute atomic E-state index is 12.2. The summed E-state index contributed by atoms with van der Waals surface area (Å²) in [6.45, 7) is 0. The number of rotatable bonds is 3. The molecule has 1 heterocycles. The number of aromatic nitrogens is 1. The first-order chi connectivity index (χ1) is 7.04. The summed E-state index contributed by atoms with van der Waals surface area (Å²) in [6, 6.07) is 1.83. The van der Waals surface area contributed by atoms with E-state index in [0.29, 0.717) is 6.29 Å². The van der Waals surface area contributed by atoms with Crippen LogP contribution in [0.15, 0.2) is 24.4 Å². The Kier molecular flexibility index (Phi) is 3.60. The molecule has 0 bridgehead atoms. The quantitative estimate of drug-likeness (QED) is 0.725. The van der Waals surface area contributed by atoms with Crippen LogP contribution in [0.3, 0.4) is 0 Å². The smallest absolute Gasteiger partial charge is 0.303 e. The van der Waals surface area contributed by atoms with Gasteiger partial charge in [-0.05, 0) is 18.2 Å². The molecule has 0 unspecified atom stereocenters. The monoisotopic (exact) mass is 215 g/mol. The lowest BCUT2D eigenvalue weighted by Gasteiger charge is -2.05. The molecule has 0 aliphatic rings. The molecule has 1 rings (SSSR count). The normalized spacial score (nSPS) is 11.9. The fourth-order valence-corrected chi connectivity index (χ4v) is 0.960. The second kappa shape index (κ2) is 4.72. The molecule has 0 spiro atoms. The van der Waals surface area contributed by atoms with Crippen molar-refractivity contribution in [1.29, 1.82) is 0 Å². The Morgan fingerprint density at radius 2 is 2.13 bits per heavy atom. The molecule has 0 amide bonds. The van der Waals surface area contributed by atoms with Crippen LogP contribution in [0.5, 0.6) is 0 Å². The van der Waals surface area contributed by atoms with Gasteiger partial charge in [-0.25, -0.2) is 0 Å². The Morgan fingerprint density at radius 3 is 2.73 bits per heavy atom. The van der Waals surface area contributed by atoms with Crippen molar-refractivity contribution < 1.29 is 18.0 Å². The van der Waals surface area contributed by atoms with E-state index in [4.69, 9.17) is 0 Å². The highest BCUT2D eigenvalue weighted by Gasteiger charge is 2.30. The van der Waals surface area contributed by atoms with Crippen LogP contribution in [-0.4, -0.2) is 11.3 Å². The number of carbonyl (C=O) groups is 1. The van der Waals surface area contributed by atoms with Crippen LogP contribution in [-0.2, 0) is 11.0 Å². The average molecular weight is 215 g/mol. The van der Waals surface area contributed by atoms with E-state index in [1.807, 2.05) is 0 Å². The first-order valence-corrected chi connectivity index (χ1v) is 4.17. The summed E-state index contributed by atoms with van der Waals surface area (Å²) >= 11 is 0. The molecule has 0 atom stereocenters. The van der Waals surface area contributed by atoms with E-state index >= 15 is 0 Å². The first kappa shape index (κ1) is 11.4. The molecule has 15 heavy (non-hydrogen) atoms. The van der Waals surface area contributed by atoms with Gasteiger partial charge in [0.1, 0.15) is 6.29 Å². The van der Waals surface area contributed by atoms with Gasteiger partial charge in [-0.2, -0.15) is 13.2 Å². The molecule has 80 valence electrons. The third-order valence-electron chi connectivity index (χ3n) is 1.63. The van der Waals surface area contributed by atoms with Gasteiger partial charge in [0, 0.05) is 12.6 Å². The van der Waals surface area contributed by atoms with E-state index in [1.54, 1.807) is 0 Å². The maximum atomic E-state index is 12.2.